The Balaban J connectivity index is 0.0000000995. The average Bonchev–Trinajstić information content (AvgIpc) is 1.37. The fourth-order valence-electron chi connectivity index (χ4n) is 18.2. The fourth-order valence-corrected chi connectivity index (χ4v) is 20.8. The van der Waals surface area contributed by atoms with Gasteiger partial charge in [0.25, 0.3) is 0 Å². The summed E-state index contributed by atoms with van der Waals surface area (Å²) in [6.45, 7) is 6.78. The van der Waals surface area contributed by atoms with Crippen LogP contribution in [0.2, 0.25) is 5.28 Å². The van der Waals surface area contributed by atoms with E-state index in [1.54, 1.807) is 0 Å². The summed E-state index contributed by atoms with van der Waals surface area (Å²) in [5.41, 5.74) is 25.1. The summed E-state index contributed by atoms with van der Waals surface area (Å²) in [6.07, 6.45) is 0. The minimum Gasteiger partial charge on any atom is -0.310 e. The number of aromatic nitrogens is 4. The molecular formula is C121H84Br4ClN5S. The summed E-state index contributed by atoms with van der Waals surface area (Å²) in [4.78, 5) is 16.3. The third-order valence-electron chi connectivity index (χ3n) is 24.6. The van der Waals surface area contributed by atoms with Crippen molar-refractivity contribution in [1.29, 1.82) is 0 Å². The van der Waals surface area contributed by atoms with E-state index in [-0.39, 0.29) is 10.7 Å². The second-order valence-electron chi connectivity index (χ2n) is 33.2. The molecule has 24 aromatic rings. The molecule has 0 N–H and O–H groups in total. The molecule has 132 heavy (non-hydrogen) atoms. The van der Waals surface area contributed by atoms with Crippen molar-refractivity contribution in [3.05, 3.63) is 495 Å². The first-order valence-corrected chi connectivity index (χ1v) is 48.2. The van der Waals surface area contributed by atoms with E-state index in [0.717, 1.165) is 79.0 Å². The van der Waals surface area contributed by atoms with Crippen molar-refractivity contribution in [2.45, 2.75) is 26.2 Å². The van der Waals surface area contributed by atoms with Crippen LogP contribution in [0, 0.1) is 6.92 Å². The summed E-state index contributed by atoms with van der Waals surface area (Å²) < 4.78 is 9.43. The number of hydrogen-bond acceptors (Lipinski definition) is 5. The number of benzene rings is 20. The van der Waals surface area contributed by atoms with Gasteiger partial charge in [-0.3, -0.25) is 0 Å². The van der Waals surface area contributed by atoms with Crippen LogP contribution in [0.3, 0.4) is 0 Å². The first-order valence-electron chi connectivity index (χ1n) is 43.9. The van der Waals surface area contributed by atoms with Crippen LogP contribution in [0.15, 0.2) is 473 Å². The van der Waals surface area contributed by atoms with Crippen LogP contribution in [0.25, 0.3) is 168 Å². The molecule has 0 saturated carbocycles. The maximum atomic E-state index is 6.27. The second kappa shape index (κ2) is 38.3. The molecule has 1 aliphatic rings. The van der Waals surface area contributed by atoms with Crippen molar-refractivity contribution in [3.8, 4) is 61.6 Å². The van der Waals surface area contributed by atoms with Crippen LogP contribution < -0.4 is 4.90 Å². The number of rotatable bonds is 8. The number of pyridine rings is 1. The highest BCUT2D eigenvalue weighted by Crippen LogP contribution is 2.51. The van der Waals surface area contributed by atoms with Crippen LogP contribution >= 0.6 is 86.7 Å². The average molecular weight is 2000 g/mol. The largest absolute Gasteiger partial charge is 0.310 e. The van der Waals surface area contributed by atoms with Gasteiger partial charge in [-0.2, -0.15) is 0 Å². The quantitative estimate of drug-likeness (QED) is 0.112. The maximum Gasteiger partial charge on any atom is 0.223 e. The molecular weight excluding hydrogens is 1910 g/mol. The third-order valence-corrected chi connectivity index (χ3v) is 28.0. The molecule has 0 spiro atoms. The molecule has 4 aromatic heterocycles. The Morgan fingerprint density at radius 2 is 0.780 bits per heavy atom. The van der Waals surface area contributed by atoms with Crippen LogP contribution in [0.5, 0.6) is 0 Å². The Kier molecular flexibility index (Phi) is 25.1. The Morgan fingerprint density at radius 3 is 1.54 bits per heavy atom. The van der Waals surface area contributed by atoms with Crippen LogP contribution in [0.4, 0.5) is 17.1 Å². The highest BCUT2D eigenvalue weighted by atomic mass is 79.9. The number of thiophene rings is 1. The molecule has 20 aromatic carbocycles. The minimum atomic E-state index is -0.00991. The minimum absolute atomic E-state index is 0.00991. The molecule has 25 rings (SSSR count). The zero-order chi connectivity index (χ0) is 89.8. The molecule has 634 valence electrons. The molecule has 0 saturated heterocycles. The molecule has 0 fully saturated rings. The number of nitrogens with zero attached hydrogens (tertiary/aromatic N) is 5. The Hall–Kier alpha value is -13.8. The zero-order valence-corrected chi connectivity index (χ0v) is 80.3. The SMILES string of the molecule is Brc1ccc(-c2cccc3ccccc23)cc1.Brc1ccc2c(c1)c1ccccc1n2-c1ccccc1.Brc1ccc2c(c1)nc(-c1ccccc1)c1ccccc12.CC1(C)c2ccccc2-c2ccc(N(c3ccccc3)c3ccc(Br)cc3)cc21.Cc1ccc(-c2cccc3c2sc2ccccc23)cc1.Clc1nc(-c2ccc3ccccc3c2)c2ccc3ccccc3c2n1. The van der Waals surface area contributed by atoms with Gasteiger partial charge in [-0.05, 0) is 223 Å². The van der Waals surface area contributed by atoms with Gasteiger partial charge in [0, 0.05) is 110 Å². The Morgan fingerprint density at radius 1 is 0.288 bits per heavy atom. The number of para-hydroxylation sites is 3. The van der Waals surface area contributed by atoms with E-state index in [2.05, 4.69) is 523 Å². The predicted molar refractivity (Wildman–Crippen MR) is 579 cm³/mol. The summed E-state index contributed by atoms with van der Waals surface area (Å²) >= 11 is 22.3. The lowest BCUT2D eigenvalue weighted by Gasteiger charge is -2.28. The molecule has 0 atom stereocenters. The summed E-state index contributed by atoms with van der Waals surface area (Å²) in [5, 5.41) is 17.4. The van der Waals surface area contributed by atoms with Crippen molar-refractivity contribution in [3.63, 3.8) is 0 Å². The van der Waals surface area contributed by atoms with Crippen molar-refractivity contribution in [2.75, 3.05) is 4.90 Å². The maximum absolute atomic E-state index is 6.27. The first-order chi connectivity index (χ1) is 64.7. The van der Waals surface area contributed by atoms with E-state index < -0.39 is 0 Å². The predicted octanol–water partition coefficient (Wildman–Crippen LogP) is 37.1. The van der Waals surface area contributed by atoms with Crippen LogP contribution in [-0.2, 0) is 5.41 Å². The lowest BCUT2D eigenvalue weighted by atomic mass is 9.82. The van der Waals surface area contributed by atoms with Gasteiger partial charge in [0.2, 0.25) is 5.28 Å². The summed E-state index contributed by atoms with van der Waals surface area (Å²) in [7, 11) is 0. The lowest BCUT2D eigenvalue weighted by molar-refractivity contribution is 0.660. The Labute approximate surface area is 810 Å². The van der Waals surface area contributed by atoms with E-state index in [9.17, 15) is 0 Å². The van der Waals surface area contributed by atoms with E-state index in [0.29, 0.717) is 0 Å². The van der Waals surface area contributed by atoms with Crippen molar-refractivity contribution in [2.24, 2.45) is 0 Å². The summed E-state index contributed by atoms with van der Waals surface area (Å²) in [6, 6.07) is 160. The monoisotopic (exact) mass is 1990 g/mol. The third kappa shape index (κ3) is 17.8. The molecule has 0 unspecified atom stereocenters. The Bertz CT molecular complexity index is 8370. The van der Waals surface area contributed by atoms with Gasteiger partial charge in [0.1, 0.15) is 0 Å². The molecule has 0 radical (unpaired) electrons. The molecule has 0 amide bonds. The van der Waals surface area contributed by atoms with Gasteiger partial charge >= 0.3 is 0 Å². The van der Waals surface area contributed by atoms with Crippen molar-refractivity contribution in [1.82, 2.24) is 19.5 Å². The number of hydrogen-bond donors (Lipinski definition) is 0. The number of fused-ring (bicyclic) bond motifs is 17. The zero-order valence-electron chi connectivity index (χ0n) is 72.3. The topological polar surface area (TPSA) is 46.8 Å². The van der Waals surface area contributed by atoms with Crippen molar-refractivity contribution < 1.29 is 0 Å². The van der Waals surface area contributed by atoms with Crippen LogP contribution in [0.1, 0.15) is 30.5 Å². The van der Waals surface area contributed by atoms with Gasteiger partial charge in [0.15, 0.2) is 0 Å². The molecule has 1 aliphatic carbocycles. The molecule has 0 bridgehead atoms. The molecule has 5 nitrogen and oxygen atoms in total. The lowest BCUT2D eigenvalue weighted by Crippen LogP contribution is -2.16. The first kappa shape index (κ1) is 86.3. The number of halogens is 5. The van der Waals surface area contributed by atoms with Crippen molar-refractivity contribution >= 4 is 211 Å². The van der Waals surface area contributed by atoms with Gasteiger partial charge < -0.3 is 9.47 Å². The second-order valence-corrected chi connectivity index (χ2v) is 38.3. The summed E-state index contributed by atoms with van der Waals surface area (Å²) in [5.74, 6) is 0. The standard InChI is InChI=1S/C27H22BrN.C22H13ClN2.C19H12BrN.C19H14S.C18H12BrN.C16H11Br/c1-27(2)25-11-7-6-10-23(25)24-17-16-22(18-26(24)27)29(20-8-4-3-5-9-20)21-14-12-19(28)13-15-21;23-22-24-20(17-10-9-14-5-1-2-7-16(14)13-17)19-12-11-15-6-3-4-8-18(15)21(19)25-22;20-14-10-11-16-15-8-4-5-9-17(15)19(21-18(16)12-14)13-6-2-1-3-7-13;1-13-9-11-14(12-10-13)15-6-4-7-17-16-5-2-3-8-18(16)20-19(15)17;19-13-10-11-18-16(12-13)15-8-4-5-9-17(15)20(18)14-6-2-1-3-7-14;17-14-10-8-13(9-11-14)16-7-3-5-12-4-1-2-6-15(12)16/h3-18H,1-2H3;1-13H;1-12H;2-12H,1H3;1-12H;1-11H. The fraction of sp³-hybridized carbons (Fsp3) is 0.0331. The number of anilines is 3. The highest BCUT2D eigenvalue weighted by molar-refractivity contribution is 9.11. The number of aryl methyl sites for hydroxylation is 1. The molecule has 4 heterocycles. The molecule has 0 aliphatic heterocycles. The smallest absolute Gasteiger partial charge is 0.223 e. The van der Waals surface area contributed by atoms with Gasteiger partial charge in [-0.15, -0.1) is 11.3 Å². The van der Waals surface area contributed by atoms with E-state index in [4.69, 9.17) is 16.6 Å². The van der Waals surface area contributed by atoms with Gasteiger partial charge in [-0.25, -0.2) is 15.0 Å². The van der Waals surface area contributed by atoms with Crippen LogP contribution in [-0.4, -0.2) is 19.5 Å². The normalized spacial score (nSPS) is 11.7. The highest BCUT2D eigenvalue weighted by Gasteiger charge is 2.36. The van der Waals surface area contributed by atoms with Gasteiger partial charge in [0.05, 0.1) is 33.5 Å². The molecule has 11 heteroatoms. The van der Waals surface area contributed by atoms with E-state index >= 15 is 0 Å². The van der Waals surface area contributed by atoms with E-state index in [1.165, 1.54) is 141 Å². The van der Waals surface area contributed by atoms with Gasteiger partial charge in [-0.1, -0.05) is 411 Å². The van der Waals surface area contributed by atoms with E-state index in [1.807, 2.05) is 47.7 Å².